The molecule has 2 saturated heterocycles. The van der Waals surface area contributed by atoms with Crippen LogP contribution >= 0.6 is 48.0 Å². The van der Waals surface area contributed by atoms with E-state index in [0.29, 0.717) is 70.1 Å². The summed E-state index contributed by atoms with van der Waals surface area (Å²) in [5.41, 5.74) is 3.83. The summed E-state index contributed by atoms with van der Waals surface area (Å²) >= 11 is 13.2. The summed E-state index contributed by atoms with van der Waals surface area (Å²) in [7, 11) is 0. The van der Waals surface area contributed by atoms with Crippen LogP contribution in [0, 0.1) is 13.8 Å². The van der Waals surface area contributed by atoms with Crippen LogP contribution in [0.2, 0.25) is 0 Å². The van der Waals surface area contributed by atoms with Gasteiger partial charge in [0.25, 0.3) is 11.8 Å². The van der Waals surface area contributed by atoms with Crippen LogP contribution in [0.25, 0.3) is 0 Å². The summed E-state index contributed by atoms with van der Waals surface area (Å²) in [6.07, 6.45) is 5.12. The Labute approximate surface area is 277 Å². The largest absolute Gasteiger partial charge is 0.326 e. The number of nitrogens with one attached hydrogen (secondary N) is 2. The Balaban J connectivity index is 1.16. The molecule has 232 valence electrons. The number of anilines is 2. The van der Waals surface area contributed by atoms with Gasteiger partial charge < -0.3 is 10.6 Å². The van der Waals surface area contributed by atoms with Crippen LogP contribution < -0.4 is 10.6 Å². The molecule has 2 aromatic carbocycles. The predicted molar refractivity (Wildman–Crippen MR) is 187 cm³/mol. The molecule has 44 heavy (non-hydrogen) atoms. The van der Waals surface area contributed by atoms with Gasteiger partial charge in [0.05, 0.1) is 9.81 Å². The van der Waals surface area contributed by atoms with Crippen LogP contribution in [0.1, 0.15) is 62.5 Å². The average molecular weight is 669 g/mol. The van der Waals surface area contributed by atoms with Crippen LogP contribution in [0.5, 0.6) is 0 Å². The molecule has 2 aliphatic rings. The monoisotopic (exact) mass is 668 g/mol. The van der Waals surface area contributed by atoms with E-state index in [1.54, 1.807) is 0 Å². The number of amides is 4. The normalized spacial score (nSPS) is 16.7. The van der Waals surface area contributed by atoms with Crippen molar-refractivity contribution in [2.24, 2.45) is 0 Å². The lowest BCUT2D eigenvalue weighted by molar-refractivity contribution is -0.124. The average Bonchev–Trinajstić information content (AvgIpc) is 3.43. The van der Waals surface area contributed by atoms with E-state index in [4.69, 9.17) is 24.4 Å². The van der Waals surface area contributed by atoms with E-state index in [1.807, 2.05) is 62.4 Å². The fourth-order valence-corrected chi connectivity index (χ4v) is 7.41. The first-order chi connectivity index (χ1) is 21.1. The number of hydrogen-bond acceptors (Lipinski definition) is 8. The van der Waals surface area contributed by atoms with E-state index < -0.39 is 0 Å². The van der Waals surface area contributed by atoms with Crippen molar-refractivity contribution >= 4 is 91.6 Å². The zero-order valence-electron chi connectivity index (χ0n) is 24.9. The SMILES string of the molecule is Cc1ccc(NC(=O)CCCCCN2C(=O)C(=C3SC(=S)N(CCCCCC(=O)Nc4ccc(C)cc4)C3=O)SC2=S)cc1. The van der Waals surface area contributed by atoms with E-state index in [2.05, 4.69) is 10.6 Å². The van der Waals surface area contributed by atoms with E-state index in [0.717, 1.165) is 58.9 Å². The van der Waals surface area contributed by atoms with Gasteiger partial charge in [-0.2, -0.15) is 0 Å². The molecule has 0 atom stereocenters. The van der Waals surface area contributed by atoms with Crippen molar-refractivity contribution in [2.45, 2.75) is 65.2 Å². The Kier molecular flexibility index (Phi) is 12.5. The third kappa shape index (κ3) is 9.47. The van der Waals surface area contributed by atoms with E-state index in [9.17, 15) is 19.2 Å². The minimum atomic E-state index is -0.266. The molecular formula is C32H36N4O4S4. The third-order valence-corrected chi connectivity index (χ3v) is 10.2. The summed E-state index contributed by atoms with van der Waals surface area (Å²) in [5, 5.41) is 5.80. The van der Waals surface area contributed by atoms with Gasteiger partial charge in [0, 0.05) is 37.3 Å². The summed E-state index contributed by atoms with van der Waals surface area (Å²) in [5.74, 6) is -0.607. The second-order valence-electron chi connectivity index (χ2n) is 10.8. The van der Waals surface area contributed by atoms with E-state index in [-0.39, 0.29) is 23.6 Å². The lowest BCUT2D eigenvalue weighted by Crippen LogP contribution is -2.31. The predicted octanol–water partition coefficient (Wildman–Crippen LogP) is 6.93. The maximum Gasteiger partial charge on any atom is 0.267 e. The molecule has 8 nitrogen and oxygen atoms in total. The molecular weight excluding hydrogens is 633 g/mol. The summed E-state index contributed by atoms with van der Waals surface area (Å²) < 4.78 is 0.854. The lowest BCUT2D eigenvalue weighted by atomic mass is 10.1. The van der Waals surface area contributed by atoms with Crippen molar-refractivity contribution in [3.8, 4) is 0 Å². The second-order valence-corrected chi connectivity index (χ2v) is 14.0. The standard InChI is InChI=1S/C32H36N4O4S4/c1-21-11-15-23(16-12-21)33-25(37)9-5-3-7-19-35-29(39)27(43-31(35)41)28-30(40)36(32(42)44-28)20-8-4-6-10-26(38)34-24-17-13-22(2)14-18-24/h11-18H,3-10,19-20H2,1-2H3,(H,33,37)(H,34,38). The quantitative estimate of drug-likeness (QED) is 0.127. The van der Waals surface area contributed by atoms with Gasteiger partial charge in [-0.05, 0) is 63.8 Å². The zero-order valence-corrected chi connectivity index (χ0v) is 28.1. The van der Waals surface area contributed by atoms with Gasteiger partial charge in [0.15, 0.2) is 0 Å². The van der Waals surface area contributed by atoms with Crippen LogP contribution in [-0.2, 0) is 19.2 Å². The first-order valence-electron chi connectivity index (χ1n) is 14.7. The molecule has 0 bridgehead atoms. The maximum atomic E-state index is 13.2. The van der Waals surface area contributed by atoms with Crippen LogP contribution in [0.15, 0.2) is 58.3 Å². The Morgan fingerprint density at radius 2 is 0.977 bits per heavy atom. The van der Waals surface area contributed by atoms with Crippen molar-refractivity contribution in [2.75, 3.05) is 23.7 Å². The highest BCUT2D eigenvalue weighted by atomic mass is 32.2. The number of thioether (sulfide) groups is 2. The number of nitrogens with zero attached hydrogens (tertiary/aromatic N) is 2. The highest BCUT2D eigenvalue weighted by Crippen LogP contribution is 2.42. The Morgan fingerprint density at radius 3 is 1.34 bits per heavy atom. The molecule has 2 heterocycles. The fourth-order valence-electron chi connectivity index (χ4n) is 4.64. The van der Waals surface area contributed by atoms with E-state index >= 15 is 0 Å². The van der Waals surface area contributed by atoms with Gasteiger partial charge in [0.2, 0.25) is 11.8 Å². The maximum absolute atomic E-state index is 13.2. The van der Waals surface area contributed by atoms with E-state index in [1.165, 1.54) is 9.80 Å². The molecule has 0 radical (unpaired) electrons. The molecule has 0 aromatic heterocycles. The van der Waals surface area contributed by atoms with Crippen LogP contribution in [0.3, 0.4) is 0 Å². The van der Waals surface area contributed by atoms with Crippen molar-refractivity contribution in [1.82, 2.24) is 9.80 Å². The van der Waals surface area contributed by atoms with Crippen molar-refractivity contribution < 1.29 is 19.2 Å². The topological polar surface area (TPSA) is 98.8 Å². The first kappa shape index (κ1) is 33.8. The van der Waals surface area contributed by atoms with Gasteiger partial charge in [-0.1, -0.05) is 96.2 Å². The molecule has 4 amide bonds. The van der Waals surface area contributed by atoms with Gasteiger partial charge in [0.1, 0.15) is 8.64 Å². The number of rotatable bonds is 14. The Bertz CT molecular complexity index is 1350. The molecule has 2 aromatic rings. The molecule has 0 saturated carbocycles. The highest BCUT2D eigenvalue weighted by molar-refractivity contribution is 8.29. The van der Waals surface area contributed by atoms with Crippen molar-refractivity contribution in [3.05, 3.63) is 69.5 Å². The molecule has 2 aliphatic heterocycles. The van der Waals surface area contributed by atoms with Crippen molar-refractivity contribution in [1.29, 1.82) is 0 Å². The molecule has 2 N–H and O–H groups in total. The fraction of sp³-hybridized carbons (Fsp3) is 0.375. The summed E-state index contributed by atoms with van der Waals surface area (Å²) in [4.78, 5) is 54.6. The number of carbonyl (C=O) groups excluding carboxylic acids is 4. The molecule has 0 unspecified atom stereocenters. The molecule has 2 fully saturated rings. The van der Waals surface area contributed by atoms with Gasteiger partial charge in [-0.3, -0.25) is 29.0 Å². The third-order valence-electron chi connectivity index (χ3n) is 7.15. The molecule has 0 aliphatic carbocycles. The second kappa shape index (κ2) is 16.3. The lowest BCUT2D eigenvalue weighted by Gasteiger charge is -2.14. The van der Waals surface area contributed by atoms with Gasteiger partial charge >= 0.3 is 0 Å². The number of carbonyl (C=O) groups is 4. The molecule has 12 heteroatoms. The van der Waals surface area contributed by atoms with Crippen LogP contribution in [0.4, 0.5) is 11.4 Å². The minimum Gasteiger partial charge on any atom is -0.326 e. The van der Waals surface area contributed by atoms with Gasteiger partial charge in [-0.25, -0.2) is 0 Å². The molecule has 0 spiro atoms. The van der Waals surface area contributed by atoms with Gasteiger partial charge in [-0.15, -0.1) is 0 Å². The Hall–Kier alpha value is -3.06. The Morgan fingerprint density at radius 1 is 0.614 bits per heavy atom. The van der Waals surface area contributed by atoms with Crippen LogP contribution in [-0.4, -0.2) is 55.2 Å². The number of benzene rings is 2. The first-order valence-corrected chi connectivity index (χ1v) is 17.1. The smallest absolute Gasteiger partial charge is 0.267 e. The number of thiocarbonyl (C=S) groups is 2. The number of unbranched alkanes of at least 4 members (excludes halogenated alkanes) is 4. The summed E-state index contributed by atoms with van der Waals surface area (Å²) in [6, 6.07) is 15.3. The van der Waals surface area contributed by atoms with Crippen molar-refractivity contribution in [3.63, 3.8) is 0 Å². The number of aryl methyl sites for hydroxylation is 2. The summed E-state index contributed by atoms with van der Waals surface area (Å²) in [6.45, 7) is 4.87. The highest BCUT2D eigenvalue weighted by Gasteiger charge is 2.41. The zero-order chi connectivity index (χ0) is 31.6. The minimum absolute atomic E-state index is 0.0369. The number of hydrogen-bond donors (Lipinski definition) is 2. The molecule has 4 rings (SSSR count).